The fourth-order valence-corrected chi connectivity index (χ4v) is 9.59. The number of aromatic amines is 2. The van der Waals surface area contributed by atoms with Crippen LogP contribution in [0.3, 0.4) is 0 Å². The molecule has 264 valence electrons. The second-order valence-electron chi connectivity index (χ2n) is 12.2. The van der Waals surface area contributed by atoms with Crippen LogP contribution in [-0.2, 0) is 28.1 Å². The van der Waals surface area contributed by atoms with E-state index in [1.807, 2.05) is 0 Å². The molecule has 0 radical (unpaired) electrons. The van der Waals surface area contributed by atoms with Crippen molar-refractivity contribution in [1.82, 2.24) is 33.9 Å². The Kier molecular flexibility index (Phi) is 7.01. The lowest BCUT2D eigenvalue weighted by atomic mass is 9.83. The quantitative estimate of drug-likeness (QED) is 0.0864. The molecule has 6 N–H and O–H groups in total. The maximum atomic E-state index is 15.5. The minimum Gasteiger partial charge on any atom is -0.323 e. The predicted octanol–water partition coefficient (Wildman–Crippen LogP) is 2.36. The van der Waals surface area contributed by atoms with Crippen LogP contribution >= 0.6 is 15.2 Å². The molecule has 8 rings (SSSR count). The number of H-pyrrole nitrogens is 2. The standard InChI is InChI=1S/C29H22F3N7O10P2/c30-29(31,32)15-9-16-22-14(6-8-17(50(44,45)46)38(22)27(43)26(42)37(16)28-33-10-34-36-28)19(15)20-12-4-2-1-3-11(12)13-5-7-18(51(47,48)49)39-23(13)21(20)35-24(40)25(39)41/h1-4,9-10,17-18H,5-8H2,(H,35,40)(H,33,34,36)(H2,44,45,46)(H2,47,48,49). The second-order valence-corrected chi connectivity index (χ2v) is 15.8. The molecule has 0 saturated heterocycles. The summed E-state index contributed by atoms with van der Waals surface area (Å²) >= 11 is 0. The van der Waals surface area contributed by atoms with Crippen LogP contribution in [0.4, 0.5) is 13.2 Å². The molecule has 2 unspecified atom stereocenters. The first kappa shape index (κ1) is 33.2. The van der Waals surface area contributed by atoms with E-state index in [1.165, 1.54) is 18.2 Å². The summed E-state index contributed by atoms with van der Waals surface area (Å²) in [6.07, 6.45) is -5.72. The minimum atomic E-state index is -5.24. The molecule has 0 fully saturated rings. The number of hydrogen-bond donors (Lipinski definition) is 6. The third-order valence-corrected chi connectivity index (χ3v) is 12.0. The number of nitrogens with zero attached hydrogens (tertiary/aromatic N) is 5. The molecule has 51 heavy (non-hydrogen) atoms. The van der Waals surface area contributed by atoms with Crippen LogP contribution < -0.4 is 22.2 Å². The first-order chi connectivity index (χ1) is 23.9. The minimum absolute atomic E-state index is 0.0395. The van der Waals surface area contributed by atoms with Crippen LogP contribution in [0.2, 0.25) is 0 Å². The van der Waals surface area contributed by atoms with Crippen molar-refractivity contribution < 1.29 is 41.9 Å². The van der Waals surface area contributed by atoms with Gasteiger partial charge in [-0.05, 0) is 53.6 Å². The maximum Gasteiger partial charge on any atom is 0.417 e. The lowest BCUT2D eigenvalue weighted by Crippen LogP contribution is -2.44. The Balaban J connectivity index is 1.68. The van der Waals surface area contributed by atoms with Crippen molar-refractivity contribution in [1.29, 1.82) is 0 Å². The van der Waals surface area contributed by atoms with Gasteiger partial charge in [-0.25, -0.2) is 9.67 Å². The number of alkyl halides is 3. The molecular weight excluding hydrogens is 725 g/mol. The second kappa shape index (κ2) is 10.8. The van der Waals surface area contributed by atoms with E-state index in [0.29, 0.717) is 25.3 Å². The molecule has 6 aromatic rings. The van der Waals surface area contributed by atoms with Crippen LogP contribution in [0.25, 0.3) is 49.9 Å². The Bertz CT molecular complexity index is 2870. The number of rotatable bonds is 4. The topological polar surface area (TPSA) is 255 Å². The maximum absolute atomic E-state index is 15.5. The van der Waals surface area contributed by atoms with E-state index in [2.05, 4.69) is 20.2 Å². The van der Waals surface area contributed by atoms with Crippen LogP contribution in [0.5, 0.6) is 0 Å². The molecule has 0 saturated carbocycles. The summed E-state index contributed by atoms with van der Waals surface area (Å²) in [5.41, 5.74) is -9.70. The summed E-state index contributed by atoms with van der Waals surface area (Å²) in [6, 6.07) is 6.56. The van der Waals surface area contributed by atoms with Crippen molar-refractivity contribution >= 4 is 48.0 Å². The zero-order valence-electron chi connectivity index (χ0n) is 25.4. The summed E-state index contributed by atoms with van der Waals surface area (Å²) in [4.78, 5) is 101. The lowest BCUT2D eigenvalue weighted by molar-refractivity contribution is -0.137. The molecule has 5 heterocycles. The van der Waals surface area contributed by atoms with E-state index in [4.69, 9.17) is 0 Å². The van der Waals surface area contributed by atoms with Gasteiger partial charge in [0.25, 0.3) is 0 Å². The smallest absolute Gasteiger partial charge is 0.323 e. The summed E-state index contributed by atoms with van der Waals surface area (Å²) in [5.74, 6) is -4.23. The highest BCUT2D eigenvalue weighted by atomic mass is 31.2. The normalized spacial score (nSPS) is 17.9. The van der Waals surface area contributed by atoms with E-state index < -0.39 is 96.1 Å². The van der Waals surface area contributed by atoms with Crippen LogP contribution in [-0.4, -0.2) is 53.4 Å². The third kappa shape index (κ3) is 4.71. The Hall–Kier alpha value is -4.97. The summed E-state index contributed by atoms with van der Waals surface area (Å²) in [6.45, 7) is 0. The number of aromatic nitrogens is 7. The largest absolute Gasteiger partial charge is 0.417 e. The van der Waals surface area contributed by atoms with Crippen molar-refractivity contribution in [3.63, 3.8) is 0 Å². The molecule has 0 amide bonds. The van der Waals surface area contributed by atoms with Crippen molar-refractivity contribution in [2.45, 2.75) is 43.4 Å². The number of halogens is 3. The average Bonchev–Trinajstić information content (AvgIpc) is 3.59. The van der Waals surface area contributed by atoms with Gasteiger partial charge in [0, 0.05) is 11.1 Å². The molecule has 3 aromatic carbocycles. The Morgan fingerprint density at radius 2 is 1.41 bits per heavy atom. The van der Waals surface area contributed by atoms with Crippen molar-refractivity contribution in [3.05, 3.63) is 94.8 Å². The van der Waals surface area contributed by atoms with E-state index in [9.17, 15) is 47.9 Å². The van der Waals surface area contributed by atoms with E-state index >= 15 is 13.2 Å². The van der Waals surface area contributed by atoms with E-state index in [-0.39, 0.29) is 45.8 Å². The molecule has 22 heteroatoms. The SMILES string of the molecule is O=c1[nH]c2c(-c3c(C(F)(F)F)cc4c5c3CCC(P(=O)(O)O)n5c(=O)c(=O)n4-c3ncn[nH]3)c3ccccc3c3c2n(c1=O)C(P(=O)(O)O)CC3. The van der Waals surface area contributed by atoms with Crippen LogP contribution in [0.15, 0.2) is 55.8 Å². The molecule has 17 nitrogen and oxygen atoms in total. The molecular formula is C29H22F3N7O10P2. The molecule has 0 aliphatic carbocycles. The summed E-state index contributed by atoms with van der Waals surface area (Å²) in [5, 5.41) is 6.34. The van der Waals surface area contributed by atoms with Crippen LogP contribution in [0, 0.1) is 0 Å². The van der Waals surface area contributed by atoms with Gasteiger partial charge in [-0.1, -0.05) is 24.3 Å². The van der Waals surface area contributed by atoms with Gasteiger partial charge in [0.05, 0.1) is 27.6 Å². The van der Waals surface area contributed by atoms with Crippen molar-refractivity contribution in [2.24, 2.45) is 0 Å². The number of benzene rings is 3. The van der Waals surface area contributed by atoms with Crippen LogP contribution in [0.1, 0.15) is 41.1 Å². The van der Waals surface area contributed by atoms with E-state index in [1.54, 1.807) is 6.07 Å². The Labute approximate surface area is 279 Å². The average molecular weight is 747 g/mol. The summed E-state index contributed by atoms with van der Waals surface area (Å²) < 4.78 is 73.4. The first-order valence-corrected chi connectivity index (χ1v) is 18.4. The number of nitrogens with one attached hydrogen (secondary N) is 2. The summed E-state index contributed by atoms with van der Waals surface area (Å²) in [7, 11) is -10.4. The van der Waals surface area contributed by atoms with Gasteiger partial charge in [0.15, 0.2) is 0 Å². The lowest BCUT2D eigenvalue weighted by Gasteiger charge is -2.33. The van der Waals surface area contributed by atoms with Crippen molar-refractivity contribution in [2.75, 3.05) is 0 Å². The molecule has 0 spiro atoms. The molecule has 2 aliphatic heterocycles. The van der Waals surface area contributed by atoms with Gasteiger partial charge in [0.1, 0.15) is 17.9 Å². The highest BCUT2D eigenvalue weighted by Gasteiger charge is 2.44. The molecule has 2 aliphatic rings. The predicted molar refractivity (Wildman–Crippen MR) is 173 cm³/mol. The fourth-order valence-electron chi connectivity index (χ4n) is 7.62. The van der Waals surface area contributed by atoms with Gasteiger partial charge in [0.2, 0.25) is 5.95 Å². The first-order valence-electron chi connectivity index (χ1n) is 15.0. The van der Waals surface area contributed by atoms with E-state index in [0.717, 1.165) is 6.33 Å². The number of hydrogen-bond acceptors (Lipinski definition) is 8. The molecule has 0 bridgehead atoms. The zero-order valence-corrected chi connectivity index (χ0v) is 27.2. The zero-order chi connectivity index (χ0) is 36.5. The van der Waals surface area contributed by atoms with Gasteiger partial charge < -0.3 is 24.6 Å². The number of fused-ring (bicyclic) bond motifs is 2. The highest BCUT2D eigenvalue weighted by Crippen LogP contribution is 2.57. The monoisotopic (exact) mass is 747 g/mol. The van der Waals surface area contributed by atoms with Gasteiger partial charge in [-0.2, -0.15) is 23.3 Å². The Morgan fingerprint density at radius 1 is 0.804 bits per heavy atom. The molecule has 2 atom stereocenters. The molecule has 3 aromatic heterocycles. The highest BCUT2D eigenvalue weighted by molar-refractivity contribution is 7.52. The fraction of sp³-hybridized carbons (Fsp3) is 0.241. The third-order valence-electron chi connectivity index (χ3n) is 9.50. The van der Waals surface area contributed by atoms with Gasteiger partial charge in [-0.15, -0.1) is 0 Å². The van der Waals surface area contributed by atoms with Gasteiger partial charge >= 0.3 is 43.6 Å². The van der Waals surface area contributed by atoms with Crippen molar-refractivity contribution in [3.8, 4) is 17.1 Å². The Morgan fingerprint density at radius 3 is 2.00 bits per heavy atom. The van der Waals surface area contributed by atoms with Gasteiger partial charge in [-0.3, -0.25) is 37.4 Å². The number of aryl methyl sites for hydroxylation is 2.